The summed E-state index contributed by atoms with van der Waals surface area (Å²) in [5.41, 5.74) is 2.01. The van der Waals surface area contributed by atoms with Crippen LogP contribution in [0.5, 0.6) is 0 Å². The van der Waals surface area contributed by atoms with Crippen LogP contribution in [0.15, 0.2) is 42.5 Å². The molecule has 0 atom stereocenters. The molecule has 0 heterocycles. The van der Waals surface area contributed by atoms with Crippen LogP contribution in [0.1, 0.15) is 15.9 Å². The Balaban J connectivity index is 2.04. The second-order valence-corrected chi connectivity index (χ2v) is 4.82. The second-order valence-electron chi connectivity index (χ2n) is 3.97. The zero-order chi connectivity index (χ0) is 13.8. The van der Waals surface area contributed by atoms with E-state index in [1.54, 1.807) is 36.4 Å². The van der Waals surface area contributed by atoms with Crippen LogP contribution >= 0.6 is 23.2 Å². The van der Waals surface area contributed by atoms with Crippen LogP contribution in [-0.4, -0.2) is 11.1 Å². The summed E-state index contributed by atoms with van der Waals surface area (Å²) in [5.74, 6) is -0.938. The maximum absolute atomic E-state index is 10.7. The molecule has 0 amide bonds. The Morgan fingerprint density at radius 1 is 1.11 bits per heavy atom. The van der Waals surface area contributed by atoms with Crippen molar-refractivity contribution in [2.45, 2.75) is 6.54 Å². The first-order valence-electron chi connectivity index (χ1n) is 5.57. The third kappa shape index (κ3) is 3.63. The number of aromatic carboxylic acids is 1. The molecule has 0 aromatic heterocycles. The molecule has 2 N–H and O–H groups in total. The topological polar surface area (TPSA) is 49.3 Å². The Hall–Kier alpha value is -1.71. The lowest BCUT2D eigenvalue weighted by Gasteiger charge is -2.08. The largest absolute Gasteiger partial charge is 0.478 e. The molecule has 0 aliphatic rings. The highest BCUT2D eigenvalue weighted by molar-refractivity contribution is 6.35. The molecule has 0 radical (unpaired) electrons. The van der Waals surface area contributed by atoms with Gasteiger partial charge >= 0.3 is 5.97 Å². The van der Waals surface area contributed by atoms with Gasteiger partial charge in [0.2, 0.25) is 0 Å². The van der Waals surface area contributed by atoms with Crippen molar-refractivity contribution in [1.82, 2.24) is 0 Å². The summed E-state index contributed by atoms with van der Waals surface area (Å²) in [6.45, 7) is 0.544. The van der Waals surface area contributed by atoms with Crippen molar-refractivity contribution in [3.8, 4) is 0 Å². The standard InChI is InChI=1S/C14H11Cl2NO2/c15-11-4-1-10(13(16)7-11)8-17-12-5-2-9(3-6-12)14(18)19/h1-7,17H,8H2,(H,18,19). The quantitative estimate of drug-likeness (QED) is 0.884. The van der Waals surface area contributed by atoms with Gasteiger partial charge in [-0.05, 0) is 42.0 Å². The third-order valence-corrected chi connectivity index (χ3v) is 3.22. The summed E-state index contributed by atoms with van der Waals surface area (Å²) in [4.78, 5) is 10.7. The Labute approximate surface area is 120 Å². The number of nitrogens with one attached hydrogen (secondary N) is 1. The maximum atomic E-state index is 10.7. The minimum Gasteiger partial charge on any atom is -0.478 e. The number of benzene rings is 2. The van der Waals surface area contributed by atoms with Crippen LogP contribution in [0.25, 0.3) is 0 Å². The minimum absolute atomic E-state index is 0.259. The molecular weight excluding hydrogens is 285 g/mol. The van der Waals surface area contributed by atoms with E-state index in [1.165, 1.54) is 0 Å². The predicted octanol–water partition coefficient (Wildman–Crippen LogP) is 4.30. The van der Waals surface area contributed by atoms with Gasteiger partial charge in [0.25, 0.3) is 0 Å². The molecule has 98 valence electrons. The molecule has 2 rings (SSSR count). The van der Waals surface area contributed by atoms with E-state index in [1.807, 2.05) is 6.07 Å². The molecule has 0 saturated heterocycles. The van der Waals surface area contributed by atoms with E-state index in [0.717, 1.165) is 11.3 Å². The fourth-order valence-corrected chi connectivity index (χ4v) is 2.07. The molecule has 0 bridgehead atoms. The highest BCUT2D eigenvalue weighted by atomic mass is 35.5. The molecule has 5 heteroatoms. The Bertz CT molecular complexity index is 597. The molecule has 0 unspecified atom stereocenters. The van der Waals surface area contributed by atoms with Gasteiger partial charge in [-0.15, -0.1) is 0 Å². The molecule has 0 saturated carbocycles. The molecule has 19 heavy (non-hydrogen) atoms. The number of anilines is 1. The Kier molecular flexibility index (Phi) is 4.30. The zero-order valence-electron chi connectivity index (χ0n) is 9.86. The predicted molar refractivity (Wildman–Crippen MR) is 77.2 cm³/mol. The van der Waals surface area contributed by atoms with E-state index < -0.39 is 5.97 Å². The van der Waals surface area contributed by atoms with Crippen LogP contribution in [0.3, 0.4) is 0 Å². The lowest BCUT2D eigenvalue weighted by atomic mass is 10.2. The SMILES string of the molecule is O=C(O)c1ccc(NCc2ccc(Cl)cc2Cl)cc1. The van der Waals surface area contributed by atoms with Crippen molar-refractivity contribution < 1.29 is 9.90 Å². The molecule has 2 aromatic rings. The normalized spacial score (nSPS) is 10.2. The first-order chi connectivity index (χ1) is 9.06. The summed E-state index contributed by atoms with van der Waals surface area (Å²) in [6.07, 6.45) is 0. The average molecular weight is 296 g/mol. The number of carbonyl (C=O) groups is 1. The van der Waals surface area contributed by atoms with E-state index in [0.29, 0.717) is 16.6 Å². The van der Waals surface area contributed by atoms with E-state index in [2.05, 4.69) is 5.32 Å². The van der Waals surface area contributed by atoms with Gasteiger partial charge in [-0.2, -0.15) is 0 Å². The van der Waals surface area contributed by atoms with Gasteiger partial charge in [0.15, 0.2) is 0 Å². The van der Waals surface area contributed by atoms with Gasteiger partial charge < -0.3 is 10.4 Å². The molecule has 2 aromatic carbocycles. The zero-order valence-corrected chi connectivity index (χ0v) is 11.4. The van der Waals surface area contributed by atoms with Gasteiger partial charge in [0.1, 0.15) is 0 Å². The summed E-state index contributed by atoms with van der Waals surface area (Å²) in [5, 5.41) is 13.2. The highest BCUT2D eigenvalue weighted by Gasteiger charge is 2.03. The third-order valence-electron chi connectivity index (χ3n) is 2.63. The van der Waals surface area contributed by atoms with Crippen LogP contribution < -0.4 is 5.32 Å². The number of halogens is 2. The number of carboxylic acids is 1. The monoisotopic (exact) mass is 295 g/mol. The van der Waals surface area contributed by atoms with Gasteiger partial charge in [0, 0.05) is 22.3 Å². The van der Waals surface area contributed by atoms with Crippen molar-refractivity contribution >= 4 is 34.9 Å². The Morgan fingerprint density at radius 2 is 1.79 bits per heavy atom. The first-order valence-corrected chi connectivity index (χ1v) is 6.33. The van der Waals surface area contributed by atoms with Crippen molar-refractivity contribution in [2.75, 3.05) is 5.32 Å². The van der Waals surface area contributed by atoms with E-state index in [-0.39, 0.29) is 5.56 Å². The van der Waals surface area contributed by atoms with E-state index in [4.69, 9.17) is 28.3 Å². The van der Waals surface area contributed by atoms with Gasteiger partial charge in [0.05, 0.1) is 5.56 Å². The fraction of sp³-hybridized carbons (Fsp3) is 0.0714. The molecule has 0 aliphatic carbocycles. The molecule has 0 aliphatic heterocycles. The van der Waals surface area contributed by atoms with E-state index >= 15 is 0 Å². The van der Waals surface area contributed by atoms with Crippen LogP contribution in [0.2, 0.25) is 10.0 Å². The average Bonchev–Trinajstić information content (AvgIpc) is 2.38. The van der Waals surface area contributed by atoms with Gasteiger partial charge in [-0.1, -0.05) is 29.3 Å². The second kappa shape index (κ2) is 5.95. The summed E-state index contributed by atoms with van der Waals surface area (Å²) < 4.78 is 0. The number of hydrogen-bond acceptors (Lipinski definition) is 2. The van der Waals surface area contributed by atoms with Crippen molar-refractivity contribution in [1.29, 1.82) is 0 Å². The highest BCUT2D eigenvalue weighted by Crippen LogP contribution is 2.22. The number of hydrogen-bond donors (Lipinski definition) is 2. The van der Waals surface area contributed by atoms with Crippen molar-refractivity contribution in [3.63, 3.8) is 0 Å². The minimum atomic E-state index is -0.938. The molecule has 3 nitrogen and oxygen atoms in total. The summed E-state index contributed by atoms with van der Waals surface area (Å²) in [7, 11) is 0. The van der Waals surface area contributed by atoms with E-state index in [9.17, 15) is 4.79 Å². The van der Waals surface area contributed by atoms with Crippen LogP contribution in [0.4, 0.5) is 5.69 Å². The van der Waals surface area contributed by atoms with Gasteiger partial charge in [-0.3, -0.25) is 0 Å². The van der Waals surface area contributed by atoms with Gasteiger partial charge in [-0.25, -0.2) is 4.79 Å². The Morgan fingerprint density at radius 3 is 2.37 bits per heavy atom. The molecular formula is C14H11Cl2NO2. The van der Waals surface area contributed by atoms with Crippen LogP contribution in [-0.2, 0) is 6.54 Å². The van der Waals surface area contributed by atoms with Crippen molar-refractivity contribution in [3.05, 3.63) is 63.6 Å². The number of carboxylic acid groups (broad SMARTS) is 1. The lowest BCUT2D eigenvalue weighted by molar-refractivity contribution is 0.0697. The fourth-order valence-electron chi connectivity index (χ4n) is 1.59. The maximum Gasteiger partial charge on any atom is 0.335 e. The first kappa shape index (κ1) is 13.7. The van der Waals surface area contributed by atoms with Crippen molar-refractivity contribution in [2.24, 2.45) is 0 Å². The summed E-state index contributed by atoms with van der Waals surface area (Å²) in [6, 6.07) is 11.8. The smallest absolute Gasteiger partial charge is 0.335 e. The van der Waals surface area contributed by atoms with Crippen LogP contribution in [0, 0.1) is 0 Å². The molecule has 0 spiro atoms. The lowest BCUT2D eigenvalue weighted by Crippen LogP contribution is -2.01. The molecule has 0 fully saturated rings. The number of rotatable bonds is 4. The summed E-state index contributed by atoms with van der Waals surface area (Å²) >= 11 is 11.9.